The van der Waals surface area contributed by atoms with Crippen LogP contribution in [0.25, 0.3) is 22.2 Å². The van der Waals surface area contributed by atoms with Crippen molar-refractivity contribution in [1.29, 1.82) is 0 Å². The number of hydrogen-bond acceptors (Lipinski definition) is 1. The quantitative estimate of drug-likeness (QED) is 0.249. The molecule has 0 N–H and O–H groups in total. The van der Waals surface area contributed by atoms with Crippen LogP contribution in [-0.4, -0.2) is 4.98 Å². The Hall–Kier alpha value is -4.30. The summed E-state index contributed by atoms with van der Waals surface area (Å²) in [5.74, 6) is 13.4. The number of pyridine rings is 1. The Morgan fingerprint density at radius 3 is 1.82 bits per heavy atom. The van der Waals surface area contributed by atoms with Crippen LogP contribution in [0, 0.1) is 23.7 Å². The zero-order chi connectivity index (χ0) is 22.5. The van der Waals surface area contributed by atoms with Gasteiger partial charge in [0, 0.05) is 27.1 Å². The number of halogens is 1. The summed E-state index contributed by atoms with van der Waals surface area (Å²) in [6.45, 7) is 0. The molecule has 0 bridgehead atoms. The van der Waals surface area contributed by atoms with Crippen LogP contribution in [0.5, 0.6) is 0 Å². The number of aromatic nitrogens is 1. The number of rotatable bonds is 1. The number of nitrogens with zero attached hydrogens (tertiary/aromatic N) is 1. The van der Waals surface area contributed by atoms with Crippen molar-refractivity contribution < 1.29 is 0 Å². The van der Waals surface area contributed by atoms with Gasteiger partial charge in [-0.15, -0.1) is 0 Å². The van der Waals surface area contributed by atoms with Gasteiger partial charge in [-0.25, -0.2) is 4.98 Å². The molecule has 1 nitrogen and oxygen atoms in total. The van der Waals surface area contributed by atoms with Gasteiger partial charge >= 0.3 is 0 Å². The van der Waals surface area contributed by atoms with E-state index in [1.807, 2.05) is 109 Å². The van der Waals surface area contributed by atoms with Crippen LogP contribution in [0.2, 0.25) is 5.02 Å². The van der Waals surface area contributed by atoms with E-state index in [1.54, 1.807) is 0 Å². The first-order valence-corrected chi connectivity index (χ1v) is 11.0. The Kier molecular flexibility index (Phi) is 5.90. The lowest BCUT2D eigenvalue weighted by molar-refractivity contribution is 1.37. The van der Waals surface area contributed by atoms with Gasteiger partial charge in [0.05, 0.1) is 22.3 Å². The first-order chi connectivity index (χ1) is 16.3. The smallest absolute Gasteiger partial charge is 0.0879 e. The number of hydrogen-bond donors (Lipinski definition) is 0. The van der Waals surface area contributed by atoms with Crippen molar-refractivity contribution in [3.8, 4) is 34.9 Å². The molecule has 0 fully saturated rings. The summed E-state index contributed by atoms with van der Waals surface area (Å²) in [6, 6.07) is 35.7. The van der Waals surface area contributed by atoms with E-state index in [2.05, 4.69) is 23.7 Å². The highest BCUT2D eigenvalue weighted by atomic mass is 35.5. The molecule has 2 heteroatoms. The highest BCUT2D eigenvalue weighted by Crippen LogP contribution is 2.30. The third kappa shape index (κ3) is 4.65. The molecule has 0 amide bonds. The van der Waals surface area contributed by atoms with Crippen LogP contribution >= 0.6 is 11.6 Å². The van der Waals surface area contributed by atoms with Crippen LogP contribution in [0.3, 0.4) is 0 Å². The van der Waals surface area contributed by atoms with Gasteiger partial charge in [0.1, 0.15) is 0 Å². The standard InChI is InChI=1S/C31H18ClN/c32-26-15-9-14-25(22-26)31-29(21-19-24-12-5-2-6-13-24)27(20-18-23-10-3-1-4-11-23)28-16-7-8-17-30(28)33-31/h1-17,22H. The van der Waals surface area contributed by atoms with Crippen molar-refractivity contribution in [1.82, 2.24) is 4.98 Å². The highest BCUT2D eigenvalue weighted by molar-refractivity contribution is 6.30. The molecule has 5 aromatic rings. The summed E-state index contributed by atoms with van der Waals surface area (Å²) in [5, 5.41) is 1.63. The zero-order valence-corrected chi connectivity index (χ0v) is 18.5. The summed E-state index contributed by atoms with van der Waals surface area (Å²) in [4.78, 5) is 4.99. The maximum Gasteiger partial charge on any atom is 0.0879 e. The fourth-order valence-electron chi connectivity index (χ4n) is 3.62. The van der Waals surface area contributed by atoms with Crippen LogP contribution < -0.4 is 0 Å². The molecule has 4 aromatic carbocycles. The summed E-state index contributed by atoms with van der Waals surface area (Å²) in [5.41, 5.74) is 6.10. The van der Waals surface area contributed by atoms with Gasteiger partial charge in [0.15, 0.2) is 0 Å². The van der Waals surface area contributed by atoms with Crippen molar-refractivity contribution in [3.05, 3.63) is 136 Å². The third-order valence-corrected chi connectivity index (χ3v) is 5.44. The fourth-order valence-corrected chi connectivity index (χ4v) is 3.81. The number of para-hydroxylation sites is 1. The summed E-state index contributed by atoms with van der Waals surface area (Å²) in [6.07, 6.45) is 0. The van der Waals surface area contributed by atoms with Crippen LogP contribution in [0.4, 0.5) is 0 Å². The second kappa shape index (κ2) is 9.46. The molecule has 154 valence electrons. The predicted octanol–water partition coefficient (Wildman–Crippen LogP) is 7.35. The first kappa shape index (κ1) is 20.6. The lowest BCUT2D eigenvalue weighted by Gasteiger charge is -2.11. The SMILES string of the molecule is Clc1cccc(-c2nc3ccccc3c(C#Cc3ccccc3)c2C#Cc2ccccc2)c1. The third-order valence-electron chi connectivity index (χ3n) is 5.20. The number of benzene rings is 4. The van der Waals surface area contributed by atoms with Gasteiger partial charge in [-0.1, -0.05) is 102 Å². The molecule has 33 heavy (non-hydrogen) atoms. The Bertz CT molecular complexity index is 1560. The lowest BCUT2D eigenvalue weighted by atomic mass is 9.96. The Labute approximate surface area is 198 Å². The van der Waals surface area contributed by atoms with E-state index in [9.17, 15) is 0 Å². The average molecular weight is 440 g/mol. The maximum atomic E-state index is 6.33. The van der Waals surface area contributed by atoms with E-state index in [1.165, 1.54) is 0 Å². The van der Waals surface area contributed by atoms with Crippen LogP contribution in [-0.2, 0) is 0 Å². The molecule has 0 unspecified atom stereocenters. The monoisotopic (exact) mass is 439 g/mol. The van der Waals surface area contributed by atoms with Crippen molar-refractivity contribution in [2.24, 2.45) is 0 Å². The van der Waals surface area contributed by atoms with E-state index in [4.69, 9.17) is 16.6 Å². The predicted molar refractivity (Wildman–Crippen MR) is 137 cm³/mol. The van der Waals surface area contributed by atoms with Gasteiger partial charge in [-0.2, -0.15) is 0 Å². The second-order valence-corrected chi connectivity index (χ2v) is 7.91. The molecule has 0 atom stereocenters. The van der Waals surface area contributed by atoms with E-state index in [0.29, 0.717) is 5.02 Å². The van der Waals surface area contributed by atoms with Crippen LogP contribution in [0.15, 0.2) is 109 Å². The zero-order valence-electron chi connectivity index (χ0n) is 17.7. The largest absolute Gasteiger partial charge is 0.246 e. The molecule has 0 aliphatic carbocycles. The van der Waals surface area contributed by atoms with Crippen molar-refractivity contribution >= 4 is 22.5 Å². The molecular formula is C31H18ClN. The summed E-state index contributed by atoms with van der Waals surface area (Å²) < 4.78 is 0. The van der Waals surface area contributed by atoms with E-state index < -0.39 is 0 Å². The van der Waals surface area contributed by atoms with Gasteiger partial charge in [0.25, 0.3) is 0 Å². The van der Waals surface area contributed by atoms with E-state index in [-0.39, 0.29) is 0 Å². The molecular weight excluding hydrogens is 422 g/mol. The molecule has 0 aliphatic heterocycles. The minimum absolute atomic E-state index is 0.654. The molecule has 1 heterocycles. The van der Waals surface area contributed by atoms with Crippen molar-refractivity contribution in [3.63, 3.8) is 0 Å². The fraction of sp³-hybridized carbons (Fsp3) is 0. The first-order valence-electron chi connectivity index (χ1n) is 10.6. The van der Waals surface area contributed by atoms with Gasteiger partial charge < -0.3 is 0 Å². The maximum absolute atomic E-state index is 6.33. The molecule has 0 saturated carbocycles. The highest BCUT2D eigenvalue weighted by Gasteiger charge is 2.14. The molecule has 0 radical (unpaired) electrons. The van der Waals surface area contributed by atoms with Gasteiger partial charge in [-0.3, -0.25) is 0 Å². The van der Waals surface area contributed by atoms with E-state index in [0.717, 1.165) is 44.4 Å². The normalized spacial score (nSPS) is 10.1. The van der Waals surface area contributed by atoms with Crippen LogP contribution in [0.1, 0.15) is 22.3 Å². The Morgan fingerprint density at radius 2 is 1.15 bits per heavy atom. The summed E-state index contributed by atoms with van der Waals surface area (Å²) >= 11 is 6.33. The Morgan fingerprint density at radius 1 is 0.545 bits per heavy atom. The Balaban J connectivity index is 1.82. The summed E-state index contributed by atoms with van der Waals surface area (Å²) in [7, 11) is 0. The average Bonchev–Trinajstić information content (AvgIpc) is 2.87. The van der Waals surface area contributed by atoms with Crippen molar-refractivity contribution in [2.75, 3.05) is 0 Å². The molecule has 0 aliphatic rings. The number of fused-ring (bicyclic) bond motifs is 1. The molecule has 5 rings (SSSR count). The minimum Gasteiger partial charge on any atom is -0.246 e. The van der Waals surface area contributed by atoms with Crippen molar-refractivity contribution in [2.45, 2.75) is 0 Å². The van der Waals surface area contributed by atoms with Gasteiger partial charge in [-0.05, 0) is 42.5 Å². The molecule has 0 saturated heterocycles. The second-order valence-electron chi connectivity index (χ2n) is 7.47. The lowest BCUT2D eigenvalue weighted by Crippen LogP contribution is -1.97. The van der Waals surface area contributed by atoms with E-state index >= 15 is 0 Å². The topological polar surface area (TPSA) is 12.9 Å². The van der Waals surface area contributed by atoms with Gasteiger partial charge in [0.2, 0.25) is 0 Å². The molecule has 1 aromatic heterocycles. The molecule has 0 spiro atoms. The minimum atomic E-state index is 0.654.